The van der Waals surface area contributed by atoms with Gasteiger partial charge in [0.15, 0.2) is 0 Å². The lowest BCUT2D eigenvalue weighted by atomic mass is 9.74. The van der Waals surface area contributed by atoms with Gasteiger partial charge < -0.3 is 15.6 Å². The lowest BCUT2D eigenvalue weighted by Crippen LogP contribution is -2.53. The average Bonchev–Trinajstić information content (AvgIpc) is 2.83. The van der Waals surface area contributed by atoms with Crippen molar-refractivity contribution in [2.75, 3.05) is 6.54 Å². The molecule has 0 saturated heterocycles. The number of hydrogen-bond donors (Lipinski definition) is 2. The number of nitrogens with two attached hydrogens (primary N) is 1. The third-order valence-electron chi connectivity index (χ3n) is 5.15. The number of halogens is 3. The molecule has 2 atom stereocenters. The summed E-state index contributed by atoms with van der Waals surface area (Å²) in [5.41, 5.74) is 7.39. The Morgan fingerprint density at radius 2 is 2.15 bits per heavy atom. The van der Waals surface area contributed by atoms with Crippen LogP contribution in [-0.4, -0.2) is 27.5 Å². The molecule has 1 amide bonds. The number of carbonyl (C=O) groups is 1. The SMILES string of the molecule is Cl.Cl.Cn1c(CCNC(=O)C2CCCCC2(C)N)nc2ccc(F)cc21. The summed E-state index contributed by atoms with van der Waals surface area (Å²) in [5.74, 6) is 0.463. The molecule has 1 saturated carbocycles. The molecule has 8 heteroatoms. The number of aromatic nitrogens is 2. The first kappa shape index (κ1) is 22.7. The Kier molecular flexibility index (Phi) is 7.86. The molecular formula is C18H27Cl2FN4O. The van der Waals surface area contributed by atoms with Gasteiger partial charge in [-0.25, -0.2) is 9.37 Å². The Labute approximate surface area is 165 Å². The van der Waals surface area contributed by atoms with Crippen LogP contribution in [0, 0.1) is 11.7 Å². The van der Waals surface area contributed by atoms with E-state index in [-0.39, 0.29) is 42.5 Å². The van der Waals surface area contributed by atoms with Crippen LogP contribution < -0.4 is 11.1 Å². The molecule has 5 nitrogen and oxygen atoms in total. The van der Waals surface area contributed by atoms with Crippen LogP contribution in [0.2, 0.25) is 0 Å². The summed E-state index contributed by atoms with van der Waals surface area (Å²) in [6.07, 6.45) is 4.49. The second-order valence-corrected chi connectivity index (χ2v) is 7.07. The van der Waals surface area contributed by atoms with Gasteiger partial charge in [-0.1, -0.05) is 12.8 Å². The molecule has 26 heavy (non-hydrogen) atoms. The number of imidazole rings is 1. The van der Waals surface area contributed by atoms with Crippen molar-refractivity contribution in [2.24, 2.45) is 18.7 Å². The number of amides is 1. The number of carbonyl (C=O) groups excluding carboxylic acids is 1. The summed E-state index contributed by atoms with van der Waals surface area (Å²) < 4.78 is 15.2. The highest BCUT2D eigenvalue weighted by atomic mass is 35.5. The van der Waals surface area contributed by atoms with Crippen LogP contribution in [0.25, 0.3) is 11.0 Å². The smallest absolute Gasteiger partial charge is 0.224 e. The van der Waals surface area contributed by atoms with Gasteiger partial charge in [0.25, 0.3) is 0 Å². The lowest BCUT2D eigenvalue weighted by molar-refractivity contribution is -0.128. The van der Waals surface area contributed by atoms with E-state index in [0.717, 1.165) is 42.5 Å². The lowest BCUT2D eigenvalue weighted by Gasteiger charge is -2.37. The molecule has 3 rings (SSSR count). The summed E-state index contributed by atoms with van der Waals surface area (Å²) in [4.78, 5) is 16.9. The molecule has 1 aromatic carbocycles. The number of nitrogens with one attached hydrogen (secondary N) is 1. The van der Waals surface area contributed by atoms with Gasteiger partial charge in [-0.05, 0) is 38.0 Å². The van der Waals surface area contributed by atoms with Gasteiger partial charge in [0.2, 0.25) is 5.91 Å². The molecular weight excluding hydrogens is 378 g/mol. The van der Waals surface area contributed by atoms with Gasteiger partial charge in [-0.15, -0.1) is 24.8 Å². The Bertz CT molecular complexity index is 763. The molecule has 0 aliphatic heterocycles. The van der Waals surface area contributed by atoms with E-state index in [1.807, 2.05) is 18.5 Å². The van der Waals surface area contributed by atoms with Crippen molar-refractivity contribution in [3.63, 3.8) is 0 Å². The maximum atomic E-state index is 13.4. The monoisotopic (exact) mass is 404 g/mol. The highest BCUT2D eigenvalue weighted by Gasteiger charge is 2.37. The van der Waals surface area contributed by atoms with E-state index in [1.165, 1.54) is 12.1 Å². The molecule has 146 valence electrons. The fourth-order valence-electron chi connectivity index (χ4n) is 3.65. The number of nitrogens with zero attached hydrogens (tertiary/aromatic N) is 2. The third kappa shape index (κ3) is 4.67. The van der Waals surface area contributed by atoms with Crippen molar-refractivity contribution in [3.8, 4) is 0 Å². The zero-order chi connectivity index (χ0) is 17.3. The number of fused-ring (bicyclic) bond motifs is 1. The highest BCUT2D eigenvalue weighted by molar-refractivity contribution is 5.85. The second kappa shape index (κ2) is 9.02. The topological polar surface area (TPSA) is 72.9 Å². The Morgan fingerprint density at radius 3 is 2.85 bits per heavy atom. The fourth-order valence-corrected chi connectivity index (χ4v) is 3.65. The fraction of sp³-hybridized carbons (Fsp3) is 0.556. The summed E-state index contributed by atoms with van der Waals surface area (Å²) in [5, 5.41) is 2.99. The van der Waals surface area contributed by atoms with E-state index in [1.54, 1.807) is 6.07 Å². The zero-order valence-corrected chi connectivity index (χ0v) is 16.8. The van der Waals surface area contributed by atoms with Crippen molar-refractivity contribution >= 4 is 41.8 Å². The highest BCUT2D eigenvalue weighted by Crippen LogP contribution is 2.31. The minimum absolute atomic E-state index is 0. The Hall–Kier alpha value is -1.37. The second-order valence-electron chi connectivity index (χ2n) is 7.07. The van der Waals surface area contributed by atoms with Crippen molar-refractivity contribution in [2.45, 2.75) is 44.6 Å². The first-order valence-electron chi connectivity index (χ1n) is 8.56. The van der Waals surface area contributed by atoms with E-state index >= 15 is 0 Å². The molecule has 0 bridgehead atoms. The van der Waals surface area contributed by atoms with E-state index in [2.05, 4.69) is 10.3 Å². The molecule has 1 aromatic heterocycles. The Balaban J connectivity index is 0.00000169. The molecule has 1 aliphatic rings. The standard InChI is InChI=1S/C18H25FN4O.2ClH/c1-18(20)9-4-3-5-13(18)17(24)21-10-8-16-22-14-7-6-12(19)11-15(14)23(16)2;;/h6-7,11,13H,3-5,8-10,20H2,1-2H3,(H,21,24);2*1H. The zero-order valence-electron chi connectivity index (χ0n) is 15.1. The number of rotatable bonds is 4. The third-order valence-corrected chi connectivity index (χ3v) is 5.15. The van der Waals surface area contributed by atoms with Crippen LogP contribution in [0.3, 0.4) is 0 Å². The summed E-state index contributed by atoms with van der Waals surface area (Å²) in [6.45, 7) is 2.47. The van der Waals surface area contributed by atoms with E-state index in [0.29, 0.717) is 13.0 Å². The predicted octanol–water partition coefficient (Wildman–Crippen LogP) is 3.12. The average molecular weight is 405 g/mol. The van der Waals surface area contributed by atoms with Crippen molar-refractivity contribution in [3.05, 3.63) is 29.8 Å². The molecule has 2 aromatic rings. The summed E-state index contributed by atoms with van der Waals surface area (Å²) in [6, 6.07) is 4.56. The molecule has 1 fully saturated rings. The van der Waals surface area contributed by atoms with E-state index < -0.39 is 5.54 Å². The van der Waals surface area contributed by atoms with Crippen LogP contribution >= 0.6 is 24.8 Å². The number of aryl methyl sites for hydroxylation is 1. The predicted molar refractivity (Wildman–Crippen MR) is 106 cm³/mol. The normalized spacial score (nSPS) is 22.4. The van der Waals surface area contributed by atoms with Crippen LogP contribution in [-0.2, 0) is 18.3 Å². The molecule has 1 heterocycles. The summed E-state index contributed by atoms with van der Waals surface area (Å²) >= 11 is 0. The van der Waals surface area contributed by atoms with Gasteiger partial charge in [0, 0.05) is 25.6 Å². The Morgan fingerprint density at radius 1 is 1.42 bits per heavy atom. The number of benzene rings is 1. The van der Waals surface area contributed by atoms with E-state index in [9.17, 15) is 9.18 Å². The first-order chi connectivity index (χ1) is 11.4. The maximum absolute atomic E-state index is 13.4. The molecule has 3 N–H and O–H groups in total. The molecule has 2 unspecified atom stereocenters. The van der Waals surface area contributed by atoms with Gasteiger partial charge in [0.05, 0.1) is 17.0 Å². The molecule has 1 aliphatic carbocycles. The van der Waals surface area contributed by atoms with Crippen molar-refractivity contribution in [1.29, 1.82) is 0 Å². The van der Waals surface area contributed by atoms with Crippen LogP contribution in [0.15, 0.2) is 18.2 Å². The van der Waals surface area contributed by atoms with Crippen LogP contribution in [0.4, 0.5) is 4.39 Å². The van der Waals surface area contributed by atoms with Gasteiger partial charge >= 0.3 is 0 Å². The van der Waals surface area contributed by atoms with Crippen molar-refractivity contribution in [1.82, 2.24) is 14.9 Å². The van der Waals surface area contributed by atoms with Crippen LogP contribution in [0.1, 0.15) is 38.4 Å². The van der Waals surface area contributed by atoms with Gasteiger partial charge in [-0.2, -0.15) is 0 Å². The number of hydrogen-bond acceptors (Lipinski definition) is 3. The molecule has 0 radical (unpaired) electrons. The van der Waals surface area contributed by atoms with Crippen molar-refractivity contribution < 1.29 is 9.18 Å². The molecule has 0 spiro atoms. The van der Waals surface area contributed by atoms with Gasteiger partial charge in [-0.3, -0.25) is 4.79 Å². The maximum Gasteiger partial charge on any atom is 0.224 e. The largest absolute Gasteiger partial charge is 0.355 e. The quantitative estimate of drug-likeness (QED) is 0.821. The summed E-state index contributed by atoms with van der Waals surface area (Å²) in [7, 11) is 1.87. The minimum Gasteiger partial charge on any atom is -0.355 e. The van der Waals surface area contributed by atoms with Gasteiger partial charge in [0.1, 0.15) is 11.6 Å². The van der Waals surface area contributed by atoms with E-state index in [4.69, 9.17) is 5.73 Å². The minimum atomic E-state index is -0.419. The van der Waals surface area contributed by atoms with Crippen LogP contribution in [0.5, 0.6) is 0 Å². The first-order valence-corrected chi connectivity index (χ1v) is 8.56.